The van der Waals surface area contributed by atoms with E-state index >= 15 is 0 Å². The van der Waals surface area contributed by atoms with Crippen molar-refractivity contribution in [1.29, 1.82) is 0 Å². The van der Waals surface area contributed by atoms with Gasteiger partial charge in [-0.25, -0.2) is 4.39 Å². The highest BCUT2D eigenvalue weighted by Crippen LogP contribution is 2.32. The average molecular weight is 550 g/mol. The van der Waals surface area contributed by atoms with Crippen molar-refractivity contribution < 1.29 is 18.8 Å². The maximum Gasteiger partial charge on any atom is 0.253 e. The van der Waals surface area contributed by atoms with Crippen molar-refractivity contribution >= 4 is 29.1 Å². The molecule has 2 aliphatic heterocycles. The first-order valence-corrected chi connectivity index (χ1v) is 14.7. The molecule has 2 saturated heterocycles. The highest BCUT2D eigenvalue weighted by molar-refractivity contribution is 6.00. The fraction of sp³-hybridized carbons (Fsp3) is 0.516. The Balaban J connectivity index is 1.35. The maximum atomic E-state index is 13.4. The Labute approximate surface area is 235 Å². The molecule has 1 aliphatic carbocycles. The molecule has 3 fully saturated rings. The lowest BCUT2D eigenvalue weighted by molar-refractivity contribution is -0.120. The molecule has 0 unspecified atom stereocenters. The van der Waals surface area contributed by atoms with E-state index in [9.17, 15) is 18.8 Å². The van der Waals surface area contributed by atoms with E-state index in [1.54, 1.807) is 4.90 Å². The van der Waals surface area contributed by atoms with Crippen LogP contribution in [-0.4, -0.2) is 79.9 Å². The largest absolute Gasteiger partial charge is 0.368 e. The van der Waals surface area contributed by atoms with Gasteiger partial charge in [0.05, 0.1) is 11.4 Å². The number of rotatable bonds is 5. The first-order chi connectivity index (χ1) is 19.5. The summed E-state index contributed by atoms with van der Waals surface area (Å²) in [5, 5.41) is 6.53. The fourth-order valence-electron chi connectivity index (χ4n) is 6.01. The highest BCUT2D eigenvalue weighted by Gasteiger charge is 2.26. The number of carbonyl (C=O) groups is 3. The summed E-state index contributed by atoms with van der Waals surface area (Å²) in [7, 11) is 0. The Kier molecular flexibility index (Phi) is 9.31. The van der Waals surface area contributed by atoms with E-state index in [-0.39, 0.29) is 29.5 Å². The van der Waals surface area contributed by atoms with Crippen LogP contribution in [0.3, 0.4) is 0 Å². The smallest absolute Gasteiger partial charge is 0.253 e. The molecule has 2 heterocycles. The Bertz CT molecular complexity index is 1190. The lowest BCUT2D eigenvalue weighted by atomic mass is 9.88. The summed E-state index contributed by atoms with van der Waals surface area (Å²) in [5.41, 5.74) is 2.58. The van der Waals surface area contributed by atoms with Crippen molar-refractivity contribution in [3.8, 4) is 0 Å². The van der Waals surface area contributed by atoms with Crippen LogP contribution in [0.5, 0.6) is 0 Å². The van der Waals surface area contributed by atoms with Crippen molar-refractivity contribution in [2.24, 2.45) is 5.92 Å². The van der Waals surface area contributed by atoms with Gasteiger partial charge in [-0.2, -0.15) is 0 Å². The molecule has 5 rings (SSSR count). The fourth-order valence-corrected chi connectivity index (χ4v) is 6.01. The van der Waals surface area contributed by atoms with Crippen LogP contribution in [0.4, 0.5) is 15.8 Å². The number of anilines is 2. The van der Waals surface area contributed by atoms with Gasteiger partial charge in [0, 0.05) is 62.9 Å². The highest BCUT2D eigenvalue weighted by atomic mass is 19.1. The number of nitrogens with zero attached hydrogens (tertiary/aromatic N) is 3. The quantitative estimate of drug-likeness (QED) is 0.586. The first-order valence-electron chi connectivity index (χ1n) is 14.7. The average Bonchev–Trinajstić information content (AvgIpc) is 3.41. The number of amides is 3. The zero-order valence-corrected chi connectivity index (χ0v) is 23.2. The van der Waals surface area contributed by atoms with Gasteiger partial charge in [-0.05, 0) is 74.7 Å². The normalized spacial score (nSPS) is 19.1. The Morgan fingerprint density at radius 2 is 1.43 bits per heavy atom. The summed E-state index contributed by atoms with van der Waals surface area (Å²) in [6.45, 7) is 5.45. The molecule has 0 bridgehead atoms. The third-order valence-corrected chi connectivity index (χ3v) is 8.32. The van der Waals surface area contributed by atoms with Crippen LogP contribution in [0.1, 0.15) is 65.7 Å². The van der Waals surface area contributed by atoms with Crippen LogP contribution >= 0.6 is 0 Å². The number of benzene rings is 2. The molecule has 2 aromatic carbocycles. The number of nitrogens with one attached hydrogen (secondary N) is 2. The Morgan fingerprint density at radius 1 is 0.725 bits per heavy atom. The van der Waals surface area contributed by atoms with Crippen LogP contribution in [0.2, 0.25) is 0 Å². The molecular formula is C31H40FN5O3. The molecular weight excluding hydrogens is 509 g/mol. The van der Waals surface area contributed by atoms with Gasteiger partial charge < -0.3 is 25.3 Å². The molecule has 9 heteroatoms. The van der Waals surface area contributed by atoms with Gasteiger partial charge in [0.1, 0.15) is 5.82 Å². The van der Waals surface area contributed by atoms with Crippen molar-refractivity contribution in [2.45, 2.75) is 44.9 Å². The summed E-state index contributed by atoms with van der Waals surface area (Å²) < 4.78 is 13.4. The van der Waals surface area contributed by atoms with Gasteiger partial charge in [0.2, 0.25) is 5.91 Å². The predicted octanol–water partition coefficient (Wildman–Crippen LogP) is 4.13. The minimum atomic E-state index is -0.365. The zero-order valence-electron chi connectivity index (χ0n) is 23.2. The third-order valence-electron chi connectivity index (χ3n) is 8.32. The van der Waals surface area contributed by atoms with Crippen molar-refractivity contribution in [2.75, 3.05) is 62.6 Å². The summed E-state index contributed by atoms with van der Waals surface area (Å²) in [6, 6.07) is 11.3. The van der Waals surface area contributed by atoms with E-state index in [0.717, 1.165) is 57.3 Å². The van der Waals surface area contributed by atoms with Gasteiger partial charge in [-0.1, -0.05) is 19.3 Å². The molecule has 214 valence electrons. The number of hydrogen-bond acceptors (Lipinski definition) is 5. The van der Waals surface area contributed by atoms with Gasteiger partial charge in [0.25, 0.3) is 11.8 Å². The summed E-state index contributed by atoms with van der Waals surface area (Å²) in [6.07, 6.45) is 6.76. The van der Waals surface area contributed by atoms with E-state index in [1.165, 1.54) is 30.7 Å². The Hall–Kier alpha value is -3.46. The number of carbonyl (C=O) groups excluding carboxylic acids is 3. The molecule has 3 amide bonds. The van der Waals surface area contributed by atoms with Gasteiger partial charge in [-0.15, -0.1) is 0 Å². The molecule has 3 aliphatic rings. The second-order valence-electron chi connectivity index (χ2n) is 11.1. The lowest BCUT2D eigenvalue weighted by Gasteiger charge is -2.28. The van der Waals surface area contributed by atoms with Crippen molar-refractivity contribution in [3.05, 3.63) is 59.4 Å². The molecule has 1 saturated carbocycles. The van der Waals surface area contributed by atoms with Crippen LogP contribution < -0.4 is 15.5 Å². The maximum absolute atomic E-state index is 13.4. The molecule has 0 radical (unpaired) electrons. The van der Waals surface area contributed by atoms with Gasteiger partial charge in [-0.3, -0.25) is 14.4 Å². The number of hydrogen-bond donors (Lipinski definition) is 2. The summed E-state index contributed by atoms with van der Waals surface area (Å²) in [4.78, 5) is 45.7. The molecule has 0 atom stereocenters. The Morgan fingerprint density at radius 3 is 2.23 bits per heavy atom. The van der Waals surface area contributed by atoms with Gasteiger partial charge in [0.15, 0.2) is 0 Å². The predicted molar refractivity (Wildman–Crippen MR) is 154 cm³/mol. The van der Waals surface area contributed by atoms with Crippen LogP contribution in [-0.2, 0) is 4.79 Å². The standard InChI is InChI=1S/C31H40FN5O3/c32-26-11-8-24(9-12-26)30(39)37-18-5-17-35(20-21-37)28-13-10-25(31(40)36-16-4-14-33-15-19-36)22-27(28)34-29(38)23-6-2-1-3-7-23/h8-13,22-23,33H,1-7,14-21H2,(H,34,38). The van der Waals surface area contributed by atoms with Crippen molar-refractivity contribution in [3.63, 3.8) is 0 Å². The topological polar surface area (TPSA) is 85.0 Å². The number of halogens is 1. The minimum absolute atomic E-state index is 0.00871. The lowest BCUT2D eigenvalue weighted by Crippen LogP contribution is -2.36. The third kappa shape index (κ3) is 6.81. The second kappa shape index (κ2) is 13.3. The second-order valence-corrected chi connectivity index (χ2v) is 11.1. The summed E-state index contributed by atoms with van der Waals surface area (Å²) in [5.74, 6) is -0.482. The van der Waals surface area contributed by atoms with Crippen LogP contribution in [0.15, 0.2) is 42.5 Å². The summed E-state index contributed by atoms with van der Waals surface area (Å²) >= 11 is 0. The minimum Gasteiger partial charge on any atom is -0.368 e. The monoisotopic (exact) mass is 549 g/mol. The SMILES string of the molecule is O=C(Nc1cc(C(=O)N2CCCNCC2)ccc1N1CCCN(C(=O)c2ccc(F)cc2)CC1)C1CCCCC1. The zero-order chi connectivity index (χ0) is 27.9. The van der Waals surface area contributed by atoms with Crippen LogP contribution in [0.25, 0.3) is 0 Å². The molecule has 0 spiro atoms. The van der Waals surface area contributed by atoms with E-state index in [0.29, 0.717) is 56.1 Å². The van der Waals surface area contributed by atoms with E-state index in [1.807, 2.05) is 23.1 Å². The van der Waals surface area contributed by atoms with Crippen LogP contribution in [0, 0.1) is 11.7 Å². The van der Waals surface area contributed by atoms with Gasteiger partial charge >= 0.3 is 0 Å². The van der Waals surface area contributed by atoms with E-state index in [4.69, 9.17) is 0 Å². The first kappa shape index (κ1) is 28.1. The van der Waals surface area contributed by atoms with E-state index < -0.39 is 0 Å². The molecule has 40 heavy (non-hydrogen) atoms. The molecule has 2 aromatic rings. The molecule has 0 aromatic heterocycles. The van der Waals surface area contributed by atoms with Crippen molar-refractivity contribution in [1.82, 2.24) is 15.1 Å². The molecule has 8 nitrogen and oxygen atoms in total. The molecule has 2 N–H and O–H groups in total. The van der Waals surface area contributed by atoms with E-state index in [2.05, 4.69) is 15.5 Å².